The Labute approximate surface area is 225 Å². The van der Waals surface area contributed by atoms with Crippen LogP contribution in [0.15, 0.2) is 77.6 Å². The molecule has 4 heterocycles. The summed E-state index contributed by atoms with van der Waals surface area (Å²) in [5.41, 5.74) is 0.928. The number of fused-ring (bicyclic) bond motifs is 4. The number of phenols is 1. The second-order valence-electron chi connectivity index (χ2n) is 11.0. The van der Waals surface area contributed by atoms with Crippen LogP contribution in [-0.4, -0.2) is 57.0 Å². The van der Waals surface area contributed by atoms with Gasteiger partial charge >= 0.3 is 6.03 Å². The molecule has 2 fully saturated rings. The van der Waals surface area contributed by atoms with Gasteiger partial charge in [-0.05, 0) is 48.1 Å². The molecule has 4 amide bonds. The van der Waals surface area contributed by atoms with Gasteiger partial charge < -0.3 is 14.6 Å². The topological polar surface area (TPSA) is 112 Å². The molecular weight excluding hydrogens is 496 g/mol. The Balaban J connectivity index is 1.35. The van der Waals surface area contributed by atoms with Crippen molar-refractivity contribution in [2.75, 3.05) is 19.6 Å². The fourth-order valence-electron chi connectivity index (χ4n) is 6.46. The van der Waals surface area contributed by atoms with E-state index in [2.05, 4.69) is 10.2 Å². The van der Waals surface area contributed by atoms with Crippen LogP contribution in [0.3, 0.4) is 0 Å². The van der Waals surface area contributed by atoms with Gasteiger partial charge in [0, 0.05) is 43.9 Å². The summed E-state index contributed by atoms with van der Waals surface area (Å²) in [5, 5.41) is 12.3. The van der Waals surface area contributed by atoms with E-state index >= 15 is 0 Å². The summed E-state index contributed by atoms with van der Waals surface area (Å²) < 4.78 is 1.85. The van der Waals surface area contributed by atoms with E-state index in [0.717, 1.165) is 22.6 Å². The lowest BCUT2D eigenvalue weighted by Crippen LogP contribution is -2.67. The minimum Gasteiger partial charge on any atom is -0.508 e. The van der Waals surface area contributed by atoms with Crippen LogP contribution in [0.25, 0.3) is 0 Å². The van der Waals surface area contributed by atoms with Gasteiger partial charge in [0.1, 0.15) is 11.2 Å². The minimum atomic E-state index is -1.54. The molecule has 2 saturated heterocycles. The first-order valence-electron chi connectivity index (χ1n) is 13.2. The van der Waals surface area contributed by atoms with E-state index in [4.69, 9.17) is 0 Å². The van der Waals surface area contributed by atoms with Crippen molar-refractivity contribution in [1.29, 1.82) is 0 Å². The van der Waals surface area contributed by atoms with Crippen LogP contribution in [0.1, 0.15) is 29.2 Å². The summed E-state index contributed by atoms with van der Waals surface area (Å²) in [7, 11) is 0. The van der Waals surface area contributed by atoms with Gasteiger partial charge in [-0.25, -0.2) is 4.79 Å². The number of likely N-dealkylation sites (tertiary alicyclic amines) is 1. The Morgan fingerprint density at radius 2 is 1.62 bits per heavy atom. The third-order valence-corrected chi connectivity index (χ3v) is 8.23. The molecule has 0 spiro atoms. The molecule has 2 unspecified atom stereocenters. The largest absolute Gasteiger partial charge is 0.508 e. The van der Waals surface area contributed by atoms with E-state index in [1.807, 2.05) is 41.0 Å². The summed E-state index contributed by atoms with van der Waals surface area (Å²) >= 11 is 0. The van der Waals surface area contributed by atoms with Gasteiger partial charge in [0.25, 0.3) is 5.56 Å². The molecule has 3 aromatic rings. The number of carbonyl (C=O) groups excluding carboxylic acids is 3. The summed E-state index contributed by atoms with van der Waals surface area (Å²) in [6.07, 6.45) is 1.03. The fraction of sp³-hybridized carbons (Fsp3) is 0.333. The normalized spacial score (nSPS) is 24.8. The summed E-state index contributed by atoms with van der Waals surface area (Å²) in [6.45, 7) is 2.04. The molecule has 1 aromatic heterocycles. The van der Waals surface area contributed by atoms with Gasteiger partial charge in [-0.2, -0.15) is 0 Å². The van der Waals surface area contributed by atoms with E-state index in [0.29, 0.717) is 25.2 Å². The van der Waals surface area contributed by atoms with Crippen molar-refractivity contribution in [3.05, 3.63) is 100.0 Å². The van der Waals surface area contributed by atoms with Crippen LogP contribution in [0.4, 0.5) is 4.79 Å². The molecule has 0 saturated carbocycles. The smallest absolute Gasteiger partial charge is 0.331 e. The number of rotatable bonds is 6. The Bertz CT molecular complexity index is 1490. The molecule has 200 valence electrons. The zero-order valence-corrected chi connectivity index (χ0v) is 21.5. The van der Waals surface area contributed by atoms with Gasteiger partial charge in [0.05, 0.1) is 6.54 Å². The van der Waals surface area contributed by atoms with E-state index in [1.165, 1.54) is 12.1 Å². The lowest BCUT2D eigenvalue weighted by atomic mass is 9.75. The Kier molecular flexibility index (Phi) is 6.31. The van der Waals surface area contributed by atoms with Crippen molar-refractivity contribution in [2.45, 2.75) is 31.8 Å². The third kappa shape index (κ3) is 4.63. The second kappa shape index (κ2) is 9.81. The lowest BCUT2D eigenvalue weighted by molar-refractivity contribution is -0.154. The molecule has 9 nitrogen and oxygen atoms in total. The van der Waals surface area contributed by atoms with E-state index in [9.17, 15) is 24.3 Å². The van der Waals surface area contributed by atoms with Crippen LogP contribution in [0.2, 0.25) is 0 Å². The predicted octanol–water partition coefficient (Wildman–Crippen LogP) is 2.48. The quantitative estimate of drug-likeness (QED) is 0.478. The standard InChI is InChI=1S/C30H30N4O5/c35-24-11-9-20(10-12-24)14-30(27(37)31-29(39)34(28(30)38)16-21-5-2-1-3-6-21)19-32-15-22-13-23(18-32)25-7-4-8-26(36)33(25)17-22/h1-12,22-23,35H,13-19H2,(H,31,37,39)/t22?,23-,30?/m0/s1. The van der Waals surface area contributed by atoms with Crippen LogP contribution >= 0.6 is 0 Å². The molecule has 39 heavy (non-hydrogen) atoms. The molecule has 3 aliphatic heterocycles. The van der Waals surface area contributed by atoms with E-state index < -0.39 is 23.3 Å². The Hall–Kier alpha value is -4.24. The molecule has 9 heteroatoms. The highest BCUT2D eigenvalue weighted by molar-refractivity contribution is 6.19. The fourth-order valence-corrected chi connectivity index (χ4v) is 6.46. The molecule has 2 aromatic carbocycles. The maximum Gasteiger partial charge on any atom is 0.331 e. The minimum absolute atomic E-state index is 0.00338. The number of aromatic hydroxyl groups is 1. The number of hydrogen-bond donors (Lipinski definition) is 2. The lowest BCUT2D eigenvalue weighted by Gasteiger charge is -2.47. The van der Waals surface area contributed by atoms with Crippen molar-refractivity contribution >= 4 is 17.8 Å². The zero-order valence-electron chi connectivity index (χ0n) is 21.5. The number of nitrogens with zero attached hydrogens (tertiary/aromatic N) is 3. The molecule has 0 aliphatic carbocycles. The number of piperidine rings is 1. The number of nitrogens with one attached hydrogen (secondary N) is 1. The first-order chi connectivity index (χ1) is 18.8. The van der Waals surface area contributed by atoms with Crippen molar-refractivity contribution in [2.24, 2.45) is 11.3 Å². The summed E-state index contributed by atoms with van der Waals surface area (Å²) in [5.74, 6) is -0.722. The average molecular weight is 527 g/mol. The van der Waals surface area contributed by atoms with Gasteiger partial charge in [-0.1, -0.05) is 48.5 Å². The number of carbonyl (C=O) groups is 3. The molecule has 3 aliphatic rings. The van der Waals surface area contributed by atoms with Gasteiger partial charge in [-0.3, -0.25) is 24.6 Å². The van der Waals surface area contributed by atoms with Gasteiger partial charge in [0.15, 0.2) is 0 Å². The molecular formula is C30H30N4O5. The Morgan fingerprint density at radius 3 is 2.38 bits per heavy atom. The van der Waals surface area contributed by atoms with Gasteiger partial charge in [-0.15, -0.1) is 0 Å². The van der Waals surface area contributed by atoms with Crippen LogP contribution in [0, 0.1) is 11.3 Å². The van der Waals surface area contributed by atoms with Crippen LogP contribution in [0.5, 0.6) is 5.75 Å². The number of pyridine rings is 1. The molecule has 2 N–H and O–H groups in total. The van der Waals surface area contributed by atoms with E-state index in [-0.39, 0.29) is 42.7 Å². The highest BCUT2D eigenvalue weighted by Gasteiger charge is 2.55. The third-order valence-electron chi connectivity index (χ3n) is 8.23. The van der Waals surface area contributed by atoms with Crippen LogP contribution in [-0.2, 0) is 29.1 Å². The van der Waals surface area contributed by atoms with E-state index in [1.54, 1.807) is 24.3 Å². The number of phenolic OH excluding ortho intramolecular Hbond substituents is 1. The first-order valence-corrected chi connectivity index (χ1v) is 13.2. The monoisotopic (exact) mass is 526 g/mol. The highest BCUT2D eigenvalue weighted by atomic mass is 16.3. The zero-order chi connectivity index (χ0) is 27.1. The first kappa shape index (κ1) is 25.1. The number of amides is 4. The van der Waals surface area contributed by atoms with Crippen molar-refractivity contribution in [3.8, 4) is 5.75 Å². The van der Waals surface area contributed by atoms with Crippen molar-refractivity contribution in [3.63, 3.8) is 0 Å². The molecule has 0 radical (unpaired) electrons. The highest BCUT2D eigenvalue weighted by Crippen LogP contribution is 2.38. The summed E-state index contributed by atoms with van der Waals surface area (Å²) in [6, 6.07) is 20.3. The molecule has 2 bridgehead atoms. The number of barbiturate groups is 1. The van der Waals surface area contributed by atoms with Crippen molar-refractivity contribution in [1.82, 2.24) is 19.7 Å². The Morgan fingerprint density at radius 1 is 0.846 bits per heavy atom. The number of aromatic nitrogens is 1. The van der Waals surface area contributed by atoms with Gasteiger partial charge in [0.2, 0.25) is 11.8 Å². The SMILES string of the molecule is O=C1NC(=O)C(Cc2ccc(O)cc2)(CN2CC3C[C@@H](C2)c2cccc(=O)n2C3)C(=O)N1Cc1ccccc1. The molecule has 3 atom stereocenters. The van der Waals surface area contributed by atoms with Crippen molar-refractivity contribution < 1.29 is 19.5 Å². The summed E-state index contributed by atoms with van der Waals surface area (Å²) in [4.78, 5) is 56.6. The number of benzene rings is 2. The molecule has 6 rings (SSSR count). The second-order valence-corrected chi connectivity index (χ2v) is 11.0. The number of imide groups is 2. The number of hydrogen-bond acceptors (Lipinski definition) is 6. The maximum atomic E-state index is 14.2. The average Bonchev–Trinajstić information content (AvgIpc) is 2.92. The maximum absolute atomic E-state index is 14.2. The number of urea groups is 1. The van der Waals surface area contributed by atoms with Crippen LogP contribution < -0.4 is 10.9 Å². The predicted molar refractivity (Wildman–Crippen MR) is 143 cm³/mol.